The molecule has 6 nitrogen and oxygen atoms in total. The van der Waals surface area contributed by atoms with E-state index in [1.807, 2.05) is 0 Å². The van der Waals surface area contributed by atoms with Crippen LogP contribution in [0.2, 0.25) is 0 Å². The average molecular weight is 327 g/mol. The predicted molar refractivity (Wildman–Crippen MR) is 82.5 cm³/mol. The molecular formula is C15H21NO5S. The van der Waals surface area contributed by atoms with Crippen LogP contribution < -0.4 is 5.32 Å². The Labute approximate surface area is 130 Å². The van der Waals surface area contributed by atoms with Crippen molar-refractivity contribution >= 4 is 21.7 Å². The lowest BCUT2D eigenvalue weighted by Crippen LogP contribution is -2.29. The molecule has 2 N–H and O–H groups in total. The van der Waals surface area contributed by atoms with Gasteiger partial charge in [-0.05, 0) is 44.0 Å². The van der Waals surface area contributed by atoms with Crippen LogP contribution in [0.4, 0.5) is 0 Å². The van der Waals surface area contributed by atoms with E-state index in [-0.39, 0.29) is 29.7 Å². The normalized spacial score (nSPS) is 12.9. The summed E-state index contributed by atoms with van der Waals surface area (Å²) in [7, 11) is -3.36. The Hall–Kier alpha value is -1.89. The number of carbonyl (C=O) groups is 2. The fraction of sp³-hybridized carbons (Fsp3) is 0.467. The summed E-state index contributed by atoms with van der Waals surface area (Å²) in [5.41, 5.74) is 0.338. The van der Waals surface area contributed by atoms with E-state index in [4.69, 9.17) is 5.11 Å². The minimum absolute atomic E-state index is 0.0220. The average Bonchev–Trinajstić information content (AvgIpc) is 2.44. The molecule has 1 rings (SSSR count). The van der Waals surface area contributed by atoms with Crippen molar-refractivity contribution in [2.75, 3.05) is 6.54 Å². The Bertz CT molecular complexity index is 634. The van der Waals surface area contributed by atoms with Crippen molar-refractivity contribution in [3.05, 3.63) is 29.8 Å². The molecule has 0 radical (unpaired) electrons. The molecule has 22 heavy (non-hydrogen) atoms. The summed E-state index contributed by atoms with van der Waals surface area (Å²) in [6.45, 7) is 5.17. The number of sulfone groups is 1. The van der Waals surface area contributed by atoms with E-state index in [0.29, 0.717) is 5.56 Å². The van der Waals surface area contributed by atoms with Gasteiger partial charge >= 0.3 is 5.97 Å². The van der Waals surface area contributed by atoms with Gasteiger partial charge in [-0.15, -0.1) is 0 Å². The van der Waals surface area contributed by atoms with E-state index in [1.54, 1.807) is 20.8 Å². The summed E-state index contributed by atoms with van der Waals surface area (Å²) in [5.74, 6) is -1.45. The lowest BCUT2D eigenvalue weighted by atomic mass is 10.1. The summed E-state index contributed by atoms with van der Waals surface area (Å²) < 4.78 is 23.9. The molecule has 0 aromatic heterocycles. The Balaban J connectivity index is 2.71. The number of carboxylic acid groups (broad SMARTS) is 1. The first-order valence-electron chi connectivity index (χ1n) is 6.98. The minimum Gasteiger partial charge on any atom is -0.481 e. The van der Waals surface area contributed by atoms with Crippen LogP contribution in [-0.4, -0.2) is 37.2 Å². The smallest absolute Gasteiger partial charge is 0.303 e. The maximum absolute atomic E-state index is 12.0. The van der Waals surface area contributed by atoms with Crippen LogP contribution in [0.25, 0.3) is 0 Å². The van der Waals surface area contributed by atoms with Crippen LogP contribution >= 0.6 is 0 Å². The van der Waals surface area contributed by atoms with Crippen LogP contribution in [0, 0.1) is 5.92 Å². The highest BCUT2D eigenvalue weighted by Gasteiger charge is 2.19. The first-order valence-corrected chi connectivity index (χ1v) is 8.53. The lowest BCUT2D eigenvalue weighted by Gasteiger charge is -2.11. The molecule has 1 atom stereocenters. The number of carboxylic acids is 1. The second-order valence-electron chi connectivity index (χ2n) is 5.53. The molecule has 7 heteroatoms. The Kier molecular flexibility index (Phi) is 6.11. The van der Waals surface area contributed by atoms with Crippen molar-refractivity contribution in [3.8, 4) is 0 Å². The minimum atomic E-state index is -3.36. The van der Waals surface area contributed by atoms with Gasteiger partial charge in [0.15, 0.2) is 9.84 Å². The highest BCUT2D eigenvalue weighted by atomic mass is 32.2. The van der Waals surface area contributed by atoms with Gasteiger partial charge in [0.1, 0.15) is 0 Å². The number of carbonyl (C=O) groups excluding carboxylic acids is 1. The Morgan fingerprint density at radius 3 is 2.14 bits per heavy atom. The van der Waals surface area contributed by atoms with Crippen molar-refractivity contribution in [1.29, 1.82) is 0 Å². The van der Waals surface area contributed by atoms with Gasteiger partial charge < -0.3 is 10.4 Å². The van der Waals surface area contributed by atoms with E-state index in [1.165, 1.54) is 24.3 Å². The number of benzene rings is 1. The summed E-state index contributed by atoms with van der Waals surface area (Å²) in [4.78, 5) is 22.6. The molecule has 0 saturated carbocycles. The zero-order chi connectivity index (χ0) is 16.9. The first-order chi connectivity index (χ1) is 10.1. The van der Waals surface area contributed by atoms with Gasteiger partial charge in [-0.2, -0.15) is 0 Å². The SMILES string of the molecule is CC(CNC(=O)c1ccc(S(=O)(=O)C(C)C)cc1)CC(=O)O. The fourth-order valence-corrected chi connectivity index (χ4v) is 2.87. The molecule has 1 aromatic carbocycles. The van der Waals surface area contributed by atoms with E-state index < -0.39 is 21.1 Å². The third-order valence-corrected chi connectivity index (χ3v) is 5.37. The van der Waals surface area contributed by atoms with Gasteiger partial charge in [-0.25, -0.2) is 8.42 Å². The van der Waals surface area contributed by atoms with Gasteiger partial charge in [-0.1, -0.05) is 6.92 Å². The van der Waals surface area contributed by atoms with Crippen molar-refractivity contribution in [3.63, 3.8) is 0 Å². The van der Waals surface area contributed by atoms with Gasteiger partial charge in [-0.3, -0.25) is 9.59 Å². The van der Waals surface area contributed by atoms with E-state index >= 15 is 0 Å². The molecular weight excluding hydrogens is 306 g/mol. The van der Waals surface area contributed by atoms with Crippen molar-refractivity contribution in [1.82, 2.24) is 5.32 Å². The van der Waals surface area contributed by atoms with Gasteiger partial charge in [0.05, 0.1) is 10.1 Å². The third kappa shape index (κ3) is 4.84. The van der Waals surface area contributed by atoms with Crippen LogP contribution in [0.3, 0.4) is 0 Å². The molecule has 0 aliphatic carbocycles. The number of hydrogen-bond acceptors (Lipinski definition) is 4. The molecule has 1 amide bonds. The fourth-order valence-electron chi connectivity index (χ4n) is 1.81. The first kappa shape index (κ1) is 18.2. The molecule has 1 unspecified atom stereocenters. The second kappa shape index (κ2) is 7.40. The van der Waals surface area contributed by atoms with Crippen LogP contribution in [0.5, 0.6) is 0 Å². The number of amides is 1. The topological polar surface area (TPSA) is 101 Å². The van der Waals surface area contributed by atoms with Crippen LogP contribution in [0.1, 0.15) is 37.6 Å². The summed E-state index contributed by atoms with van der Waals surface area (Å²) in [5, 5.41) is 10.8. The Morgan fingerprint density at radius 2 is 1.68 bits per heavy atom. The largest absolute Gasteiger partial charge is 0.481 e. The lowest BCUT2D eigenvalue weighted by molar-refractivity contribution is -0.137. The second-order valence-corrected chi connectivity index (χ2v) is 8.04. The summed E-state index contributed by atoms with van der Waals surface area (Å²) in [6.07, 6.45) is -0.0220. The van der Waals surface area contributed by atoms with E-state index in [9.17, 15) is 18.0 Å². The monoisotopic (exact) mass is 327 g/mol. The molecule has 1 aromatic rings. The van der Waals surface area contributed by atoms with Gasteiger partial charge in [0.25, 0.3) is 5.91 Å². The molecule has 0 fully saturated rings. The number of rotatable bonds is 7. The van der Waals surface area contributed by atoms with Crippen LogP contribution in [-0.2, 0) is 14.6 Å². The summed E-state index contributed by atoms with van der Waals surface area (Å²) in [6, 6.07) is 5.72. The number of hydrogen-bond donors (Lipinski definition) is 2. The van der Waals surface area contributed by atoms with Crippen molar-refractivity contribution in [2.45, 2.75) is 37.3 Å². The standard InChI is InChI=1S/C15H21NO5S/c1-10(2)22(20,21)13-6-4-12(5-7-13)15(19)16-9-11(3)8-14(17)18/h4-7,10-11H,8-9H2,1-3H3,(H,16,19)(H,17,18). The molecule has 0 bridgehead atoms. The maximum Gasteiger partial charge on any atom is 0.303 e. The maximum atomic E-state index is 12.0. The highest BCUT2D eigenvalue weighted by molar-refractivity contribution is 7.92. The van der Waals surface area contributed by atoms with Crippen LogP contribution in [0.15, 0.2) is 29.2 Å². The molecule has 0 heterocycles. The third-order valence-electron chi connectivity index (χ3n) is 3.20. The highest BCUT2D eigenvalue weighted by Crippen LogP contribution is 2.16. The Morgan fingerprint density at radius 1 is 1.14 bits per heavy atom. The number of nitrogens with one attached hydrogen (secondary N) is 1. The van der Waals surface area contributed by atoms with Gasteiger partial charge in [0, 0.05) is 18.5 Å². The van der Waals surface area contributed by atoms with E-state index in [0.717, 1.165) is 0 Å². The van der Waals surface area contributed by atoms with Crippen molar-refractivity contribution < 1.29 is 23.1 Å². The molecule has 0 aliphatic heterocycles. The molecule has 0 aliphatic rings. The zero-order valence-corrected chi connectivity index (χ0v) is 13.7. The number of aliphatic carboxylic acids is 1. The van der Waals surface area contributed by atoms with E-state index in [2.05, 4.69) is 5.32 Å². The molecule has 122 valence electrons. The zero-order valence-electron chi connectivity index (χ0n) is 12.9. The molecule has 0 saturated heterocycles. The quantitative estimate of drug-likeness (QED) is 0.794. The molecule has 0 spiro atoms. The predicted octanol–water partition coefficient (Wildman–Crippen LogP) is 1.71. The summed E-state index contributed by atoms with van der Waals surface area (Å²) >= 11 is 0. The van der Waals surface area contributed by atoms with Gasteiger partial charge in [0.2, 0.25) is 0 Å². The van der Waals surface area contributed by atoms with Crippen molar-refractivity contribution in [2.24, 2.45) is 5.92 Å².